The number of para-hydroxylation sites is 2. The van der Waals surface area contributed by atoms with Gasteiger partial charge in [-0.2, -0.15) is 0 Å². The smallest absolute Gasteiger partial charge is 0.0541 e. The average Bonchev–Trinajstić information content (AvgIpc) is 3.75. The van der Waals surface area contributed by atoms with Gasteiger partial charge < -0.3 is 4.57 Å². The van der Waals surface area contributed by atoms with Crippen LogP contribution in [0.4, 0.5) is 0 Å². The van der Waals surface area contributed by atoms with Crippen molar-refractivity contribution in [2.24, 2.45) is 0 Å². The summed E-state index contributed by atoms with van der Waals surface area (Å²) in [6, 6.07) is 71.1. The van der Waals surface area contributed by atoms with Crippen molar-refractivity contribution in [2.75, 3.05) is 0 Å². The maximum absolute atomic E-state index is 2.37. The first kappa shape index (κ1) is 29.7. The van der Waals surface area contributed by atoms with Crippen molar-refractivity contribution in [1.29, 1.82) is 0 Å². The highest BCUT2D eigenvalue weighted by Crippen LogP contribution is 2.41. The zero-order valence-corrected chi connectivity index (χ0v) is 28.7. The van der Waals surface area contributed by atoms with Crippen molar-refractivity contribution in [3.05, 3.63) is 211 Å². The largest absolute Gasteiger partial charge is 0.309 e. The highest BCUT2D eigenvalue weighted by Gasteiger charge is 2.18. The van der Waals surface area contributed by atoms with Gasteiger partial charge in [0.2, 0.25) is 0 Å². The van der Waals surface area contributed by atoms with Crippen molar-refractivity contribution in [3.63, 3.8) is 0 Å². The van der Waals surface area contributed by atoms with Crippen molar-refractivity contribution >= 4 is 53.3 Å². The Kier molecular flexibility index (Phi) is 7.14. The zero-order chi connectivity index (χ0) is 33.7. The van der Waals surface area contributed by atoms with E-state index in [9.17, 15) is 0 Å². The third-order valence-electron chi connectivity index (χ3n) is 10.4. The molecule has 240 valence electrons. The van der Waals surface area contributed by atoms with Gasteiger partial charge in [-0.25, -0.2) is 0 Å². The Morgan fingerprint density at radius 1 is 0.353 bits per heavy atom. The topological polar surface area (TPSA) is 4.93 Å². The molecule has 0 bridgehead atoms. The second-order valence-electron chi connectivity index (χ2n) is 13.3. The Bertz CT molecular complexity index is 2770. The molecule has 2 aromatic heterocycles. The van der Waals surface area contributed by atoms with E-state index >= 15 is 0 Å². The fraction of sp³-hybridized carbons (Fsp3) is 0.0204. The minimum absolute atomic E-state index is 0.132. The van der Waals surface area contributed by atoms with Gasteiger partial charge in [-0.1, -0.05) is 164 Å². The average molecular weight is 668 g/mol. The molecule has 1 unspecified atom stereocenters. The normalized spacial score (nSPS) is 12.2. The number of rotatable bonds is 6. The Morgan fingerprint density at radius 2 is 0.843 bits per heavy atom. The van der Waals surface area contributed by atoms with E-state index in [4.69, 9.17) is 0 Å². The van der Waals surface area contributed by atoms with Crippen LogP contribution in [0, 0.1) is 0 Å². The predicted octanol–water partition coefficient (Wildman–Crippen LogP) is 13.7. The van der Waals surface area contributed by atoms with Crippen molar-refractivity contribution in [1.82, 2.24) is 4.57 Å². The van der Waals surface area contributed by atoms with Gasteiger partial charge in [-0.15, -0.1) is 11.3 Å². The summed E-state index contributed by atoms with van der Waals surface area (Å²) in [6.45, 7) is 0. The molecule has 2 heterocycles. The molecule has 0 aliphatic rings. The maximum atomic E-state index is 2.37. The Balaban J connectivity index is 0.980. The van der Waals surface area contributed by atoms with Gasteiger partial charge in [0.15, 0.2) is 0 Å². The zero-order valence-electron chi connectivity index (χ0n) is 27.9. The Labute approximate surface area is 301 Å². The molecule has 10 aromatic rings. The summed E-state index contributed by atoms with van der Waals surface area (Å²) in [7, 11) is 0. The SMILES string of the molecule is c1ccc(C(c2ccc(-c3ccc(-n4c5ccccc5c5ccccc54)cc3)cc2)c2ccc(-c3cccc4c3sc3ccccc34)cc2)cc1. The molecule has 0 fully saturated rings. The van der Waals surface area contributed by atoms with Gasteiger partial charge in [0.25, 0.3) is 0 Å². The number of aromatic nitrogens is 1. The van der Waals surface area contributed by atoms with E-state index in [1.165, 1.54) is 86.6 Å². The van der Waals surface area contributed by atoms with Crippen LogP contribution >= 0.6 is 11.3 Å². The number of thiophene rings is 1. The minimum atomic E-state index is 0.132. The van der Waals surface area contributed by atoms with Crippen LogP contribution in [-0.4, -0.2) is 4.57 Å². The lowest BCUT2D eigenvalue weighted by Gasteiger charge is -2.20. The van der Waals surface area contributed by atoms with Gasteiger partial charge >= 0.3 is 0 Å². The van der Waals surface area contributed by atoms with Crippen LogP contribution in [0.15, 0.2) is 194 Å². The van der Waals surface area contributed by atoms with E-state index in [0.717, 1.165) is 0 Å². The number of benzene rings is 8. The van der Waals surface area contributed by atoms with E-state index in [1.54, 1.807) is 0 Å². The van der Waals surface area contributed by atoms with Crippen molar-refractivity contribution in [3.8, 4) is 27.9 Å². The van der Waals surface area contributed by atoms with E-state index in [1.807, 2.05) is 11.3 Å². The minimum Gasteiger partial charge on any atom is -0.309 e. The van der Waals surface area contributed by atoms with Crippen LogP contribution in [-0.2, 0) is 0 Å². The maximum Gasteiger partial charge on any atom is 0.0541 e. The first-order valence-electron chi connectivity index (χ1n) is 17.5. The standard InChI is InChI=1S/C49H33NS/c1-2-11-36(12-3-1)48(38-27-23-35(24-28-38)40-16-10-17-44-43-15-6-9-20-47(43)51-49(40)44)37-25-21-33(22-26-37)34-29-31-39(32-30-34)50-45-18-7-4-13-41(45)42-14-5-8-19-46(42)50/h1-32,48H. The quantitative estimate of drug-likeness (QED) is 0.156. The molecule has 0 aliphatic carbocycles. The fourth-order valence-electron chi connectivity index (χ4n) is 7.92. The second kappa shape index (κ2) is 12.3. The van der Waals surface area contributed by atoms with Crippen LogP contribution in [0.2, 0.25) is 0 Å². The molecule has 10 rings (SSSR count). The highest BCUT2D eigenvalue weighted by atomic mass is 32.1. The van der Waals surface area contributed by atoms with Gasteiger partial charge in [0.05, 0.1) is 11.0 Å². The highest BCUT2D eigenvalue weighted by molar-refractivity contribution is 7.26. The van der Waals surface area contributed by atoms with E-state index < -0.39 is 0 Å². The summed E-state index contributed by atoms with van der Waals surface area (Å²) in [4.78, 5) is 0. The molecule has 0 aliphatic heterocycles. The van der Waals surface area contributed by atoms with E-state index in [0.29, 0.717) is 0 Å². The molecule has 0 N–H and O–H groups in total. The van der Waals surface area contributed by atoms with Crippen LogP contribution < -0.4 is 0 Å². The summed E-state index contributed by atoms with van der Waals surface area (Å²) in [5, 5.41) is 5.23. The van der Waals surface area contributed by atoms with Crippen molar-refractivity contribution < 1.29 is 0 Å². The molecule has 0 spiro atoms. The van der Waals surface area contributed by atoms with Crippen LogP contribution in [0.5, 0.6) is 0 Å². The van der Waals surface area contributed by atoms with Crippen LogP contribution in [0.3, 0.4) is 0 Å². The third-order valence-corrected chi connectivity index (χ3v) is 11.6. The van der Waals surface area contributed by atoms with Crippen LogP contribution in [0.25, 0.3) is 69.9 Å². The van der Waals surface area contributed by atoms with E-state index in [-0.39, 0.29) is 5.92 Å². The predicted molar refractivity (Wildman–Crippen MR) is 218 cm³/mol. The van der Waals surface area contributed by atoms with Gasteiger partial charge in [0.1, 0.15) is 0 Å². The lowest BCUT2D eigenvalue weighted by Crippen LogP contribution is -2.03. The third kappa shape index (κ3) is 5.07. The van der Waals surface area contributed by atoms with Crippen molar-refractivity contribution in [2.45, 2.75) is 5.92 Å². The van der Waals surface area contributed by atoms with Crippen LogP contribution in [0.1, 0.15) is 22.6 Å². The number of hydrogen-bond donors (Lipinski definition) is 0. The molecule has 2 heteroatoms. The fourth-order valence-corrected chi connectivity index (χ4v) is 9.16. The van der Waals surface area contributed by atoms with E-state index in [2.05, 4.69) is 199 Å². The molecule has 0 amide bonds. The summed E-state index contributed by atoms with van der Waals surface area (Å²) in [5.74, 6) is 0.132. The molecule has 8 aromatic carbocycles. The molecule has 1 nitrogen and oxygen atoms in total. The van der Waals surface area contributed by atoms with Gasteiger partial charge in [-0.3, -0.25) is 0 Å². The number of nitrogens with zero attached hydrogens (tertiary/aromatic N) is 1. The molecular formula is C49H33NS. The lowest BCUT2D eigenvalue weighted by atomic mass is 9.84. The summed E-state index contributed by atoms with van der Waals surface area (Å²) >= 11 is 1.89. The lowest BCUT2D eigenvalue weighted by molar-refractivity contribution is 0.978. The first-order valence-corrected chi connectivity index (χ1v) is 18.4. The Hall–Kier alpha value is -6.22. The second-order valence-corrected chi connectivity index (χ2v) is 14.3. The summed E-state index contributed by atoms with van der Waals surface area (Å²) in [6.07, 6.45) is 0. The molecule has 0 saturated carbocycles. The molecular weight excluding hydrogens is 635 g/mol. The Morgan fingerprint density at radius 3 is 1.49 bits per heavy atom. The number of hydrogen-bond acceptors (Lipinski definition) is 1. The van der Waals surface area contributed by atoms with Gasteiger partial charge in [-0.05, 0) is 69.3 Å². The molecule has 0 saturated heterocycles. The molecule has 51 heavy (non-hydrogen) atoms. The van der Waals surface area contributed by atoms with Gasteiger partial charge in [0, 0.05) is 42.6 Å². The molecule has 0 radical (unpaired) electrons. The monoisotopic (exact) mass is 667 g/mol. The summed E-state index contributed by atoms with van der Waals surface area (Å²) < 4.78 is 5.06. The number of fused-ring (bicyclic) bond motifs is 6. The first-order chi connectivity index (χ1) is 25.3. The summed E-state index contributed by atoms with van der Waals surface area (Å²) in [5.41, 5.74) is 12.5. The molecule has 1 atom stereocenters.